The lowest BCUT2D eigenvalue weighted by molar-refractivity contribution is -0.115. The van der Waals surface area contributed by atoms with Crippen LogP contribution in [-0.2, 0) is 11.3 Å². The lowest BCUT2D eigenvalue weighted by Crippen LogP contribution is -2.43. The van der Waals surface area contributed by atoms with Crippen LogP contribution >= 0.6 is 11.3 Å². The summed E-state index contributed by atoms with van der Waals surface area (Å²) in [6, 6.07) is 3.36. The van der Waals surface area contributed by atoms with E-state index in [2.05, 4.69) is 15.6 Å². The number of hydrogen-bond donors (Lipinski definition) is 2. The van der Waals surface area contributed by atoms with E-state index < -0.39 is 29.7 Å². The largest absolute Gasteiger partial charge is 0.472 e. The van der Waals surface area contributed by atoms with Gasteiger partial charge in [0.2, 0.25) is 0 Å². The molecule has 0 saturated carbocycles. The van der Waals surface area contributed by atoms with E-state index >= 15 is 0 Å². The maximum atomic E-state index is 13.5. The average molecular weight is 393 g/mol. The smallest absolute Gasteiger partial charge is 0.414 e. The molecule has 0 spiro atoms. The molecule has 9 heteroatoms. The summed E-state index contributed by atoms with van der Waals surface area (Å²) >= 11 is 1.48. The Bertz CT molecular complexity index is 928. The predicted octanol–water partition coefficient (Wildman–Crippen LogP) is 3.28. The molecule has 2 N–H and O–H groups in total. The molecule has 0 fully saturated rings. The number of furan rings is 1. The van der Waals surface area contributed by atoms with Crippen molar-refractivity contribution in [3.05, 3.63) is 64.3 Å². The van der Waals surface area contributed by atoms with Gasteiger partial charge in [-0.15, -0.1) is 11.3 Å². The highest BCUT2D eigenvalue weighted by Gasteiger charge is 2.46. The van der Waals surface area contributed by atoms with Gasteiger partial charge in [0.05, 0.1) is 30.7 Å². The number of fused-ring (bicyclic) bond motifs is 1. The Labute approximate surface area is 156 Å². The fourth-order valence-corrected chi connectivity index (χ4v) is 3.67. The first-order chi connectivity index (χ1) is 12.9. The highest BCUT2D eigenvalue weighted by Crippen LogP contribution is 2.38. The molecule has 2 unspecified atom stereocenters. The Balaban J connectivity index is 1.57. The molecular weight excluding hydrogens is 379 g/mol. The first-order valence-electron chi connectivity index (χ1n) is 8.10. The third-order valence-corrected chi connectivity index (χ3v) is 5.18. The molecule has 1 amide bonds. The van der Waals surface area contributed by atoms with Crippen LogP contribution in [0.1, 0.15) is 10.4 Å². The lowest BCUT2D eigenvalue weighted by atomic mass is 9.89. The van der Waals surface area contributed by atoms with Crippen LogP contribution in [-0.4, -0.2) is 30.0 Å². The van der Waals surface area contributed by atoms with Crippen LogP contribution in [0.2, 0.25) is 0 Å². The van der Waals surface area contributed by atoms with Gasteiger partial charge in [0.25, 0.3) is 5.91 Å². The molecule has 2 aromatic heterocycles. The number of halogens is 3. The van der Waals surface area contributed by atoms with E-state index in [0.29, 0.717) is 17.7 Å². The van der Waals surface area contributed by atoms with Gasteiger partial charge in [-0.05, 0) is 29.2 Å². The van der Waals surface area contributed by atoms with Crippen LogP contribution in [0.3, 0.4) is 0 Å². The van der Waals surface area contributed by atoms with Gasteiger partial charge in [-0.1, -0.05) is 12.1 Å². The Morgan fingerprint density at radius 3 is 2.89 bits per heavy atom. The van der Waals surface area contributed by atoms with Crippen molar-refractivity contribution < 1.29 is 22.4 Å². The van der Waals surface area contributed by atoms with Gasteiger partial charge in [0.1, 0.15) is 6.04 Å². The summed E-state index contributed by atoms with van der Waals surface area (Å²) in [7, 11) is 0. The van der Waals surface area contributed by atoms with Crippen LogP contribution in [0, 0.1) is 0 Å². The summed E-state index contributed by atoms with van der Waals surface area (Å²) in [6.45, 7) is 0.296. The molecule has 1 aliphatic carbocycles. The third kappa shape index (κ3) is 3.55. The Kier molecular flexibility index (Phi) is 4.39. The quantitative estimate of drug-likeness (QED) is 0.838. The molecule has 2 atom stereocenters. The van der Waals surface area contributed by atoms with E-state index in [1.165, 1.54) is 23.9 Å². The Morgan fingerprint density at radius 2 is 2.22 bits per heavy atom. The molecule has 0 aromatic carbocycles. The number of nitrogens with zero attached hydrogens (tertiary/aromatic N) is 1. The van der Waals surface area contributed by atoms with Crippen molar-refractivity contribution in [2.75, 3.05) is 0 Å². The van der Waals surface area contributed by atoms with Gasteiger partial charge in [-0.25, -0.2) is 0 Å². The summed E-state index contributed by atoms with van der Waals surface area (Å²) in [4.78, 5) is 17.3. The zero-order chi connectivity index (χ0) is 19.0. The maximum absolute atomic E-state index is 13.5. The summed E-state index contributed by atoms with van der Waals surface area (Å²) in [6.07, 6.45) is 0.907. The average Bonchev–Trinajstić information content (AvgIpc) is 3.38. The van der Waals surface area contributed by atoms with E-state index in [1.54, 1.807) is 12.1 Å². The Morgan fingerprint density at radius 1 is 1.37 bits per heavy atom. The standard InChI is InChI=1S/C18H14F3N3O2S/c19-18(20,21)13-6-11(10-3-4-26-9-10)7-14-15(13)24-16(23-14)17(25)22-8-12-2-1-5-27-12/h1-7,9,14-15H,8H2,(H,22,25)(H,23,24). The molecule has 140 valence electrons. The molecule has 1 aliphatic heterocycles. The number of alkyl halides is 3. The highest BCUT2D eigenvalue weighted by atomic mass is 32.1. The number of amides is 1. The number of carbonyl (C=O) groups excluding carboxylic acids is 1. The van der Waals surface area contributed by atoms with Crippen LogP contribution in [0.15, 0.2) is 63.2 Å². The molecule has 2 aliphatic rings. The molecule has 2 aromatic rings. The summed E-state index contributed by atoms with van der Waals surface area (Å²) in [5, 5.41) is 7.36. The van der Waals surface area contributed by atoms with Crippen LogP contribution in [0.4, 0.5) is 13.2 Å². The van der Waals surface area contributed by atoms with Gasteiger partial charge in [-0.2, -0.15) is 13.2 Å². The zero-order valence-electron chi connectivity index (χ0n) is 13.8. The van der Waals surface area contributed by atoms with Crippen molar-refractivity contribution >= 4 is 28.7 Å². The minimum atomic E-state index is -4.56. The normalized spacial score (nSPS) is 21.7. The number of allylic oxidation sites excluding steroid dienone is 2. The minimum Gasteiger partial charge on any atom is -0.472 e. The van der Waals surface area contributed by atoms with Gasteiger partial charge >= 0.3 is 6.18 Å². The van der Waals surface area contributed by atoms with Crippen LogP contribution < -0.4 is 10.6 Å². The fourth-order valence-electron chi connectivity index (χ4n) is 3.03. The molecule has 4 rings (SSSR count). The number of hydrogen-bond acceptors (Lipinski definition) is 5. The molecule has 0 bridgehead atoms. The summed E-state index contributed by atoms with van der Waals surface area (Å²) in [5.41, 5.74) is 0.118. The first kappa shape index (κ1) is 17.6. The zero-order valence-corrected chi connectivity index (χ0v) is 14.6. The van der Waals surface area contributed by atoms with Gasteiger partial charge < -0.3 is 15.1 Å². The van der Waals surface area contributed by atoms with Crippen molar-refractivity contribution in [3.63, 3.8) is 0 Å². The Hall–Kier alpha value is -2.81. The van der Waals surface area contributed by atoms with Crippen molar-refractivity contribution in [1.82, 2.24) is 10.6 Å². The van der Waals surface area contributed by atoms with Crippen LogP contribution in [0.5, 0.6) is 0 Å². The number of rotatable bonds is 4. The van der Waals surface area contributed by atoms with E-state index in [-0.39, 0.29) is 5.84 Å². The number of nitrogens with one attached hydrogen (secondary N) is 2. The van der Waals surface area contributed by atoms with Crippen molar-refractivity contribution in [2.45, 2.75) is 24.8 Å². The summed E-state index contributed by atoms with van der Waals surface area (Å²) < 4.78 is 45.6. The maximum Gasteiger partial charge on any atom is 0.414 e. The van der Waals surface area contributed by atoms with E-state index in [0.717, 1.165) is 11.0 Å². The molecule has 5 nitrogen and oxygen atoms in total. The van der Waals surface area contributed by atoms with Gasteiger partial charge in [0.15, 0.2) is 5.84 Å². The minimum absolute atomic E-state index is 0.0959. The van der Waals surface area contributed by atoms with Gasteiger partial charge in [-0.3, -0.25) is 9.79 Å². The van der Waals surface area contributed by atoms with Crippen molar-refractivity contribution in [3.8, 4) is 0 Å². The molecule has 0 saturated heterocycles. The number of amidine groups is 1. The fraction of sp³-hybridized carbons (Fsp3) is 0.222. The second kappa shape index (κ2) is 6.73. The van der Waals surface area contributed by atoms with E-state index in [4.69, 9.17) is 4.42 Å². The SMILES string of the molecule is O=C(NCc1cccs1)C1=NC2C(C(F)(F)F)=CC(c3ccoc3)=CC2N1. The van der Waals surface area contributed by atoms with Crippen molar-refractivity contribution in [2.24, 2.45) is 4.99 Å². The summed E-state index contributed by atoms with van der Waals surface area (Å²) in [5.74, 6) is -0.626. The highest BCUT2D eigenvalue weighted by molar-refractivity contribution is 7.09. The molecule has 27 heavy (non-hydrogen) atoms. The lowest BCUT2D eigenvalue weighted by Gasteiger charge is -2.25. The third-order valence-electron chi connectivity index (χ3n) is 4.30. The monoisotopic (exact) mass is 393 g/mol. The number of thiophene rings is 1. The predicted molar refractivity (Wildman–Crippen MR) is 95.1 cm³/mol. The van der Waals surface area contributed by atoms with Gasteiger partial charge in [0, 0.05) is 10.4 Å². The first-order valence-corrected chi connectivity index (χ1v) is 8.98. The molecular formula is C18H14F3N3O2S. The molecule has 0 radical (unpaired) electrons. The second-order valence-corrected chi connectivity index (χ2v) is 7.12. The molecule has 3 heterocycles. The van der Waals surface area contributed by atoms with E-state index in [1.807, 2.05) is 17.5 Å². The topological polar surface area (TPSA) is 66.6 Å². The van der Waals surface area contributed by atoms with E-state index in [9.17, 15) is 18.0 Å². The number of carbonyl (C=O) groups is 1. The second-order valence-electron chi connectivity index (χ2n) is 6.09. The van der Waals surface area contributed by atoms with Crippen molar-refractivity contribution in [1.29, 1.82) is 0 Å². The van der Waals surface area contributed by atoms with Crippen LogP contribution in [0.25, 0.3) is 5.57 Å². The number of aliphatic imine (C=N–C) groups is 1.